The molecule has 0 aliphatic carbocycles. The Hall–Kier alpha value is -0.860. The van der Waals surface area contributed by atoms with Gasteiger partial charge in [0.25, 0.3) is 0 Å². The highest BCUT2D eigenvalue weighted by Crippen LogP contribution is 2.19. The number of allylic oxidation sites excluding steroid dienone is 4. The molecule has 1 fully saturated rings. The first-order valence-corrected chi connectivity index (χ1v) is 5.00. The van der Waals surface area contributed by atoms with Gasteiger partial charge < -0.3 is 9.47 Å². The van der Waals surface area contributed by atoms with Crippen molar-refractivity contribution >= 4 is 0 Å². The van der Waals surface area contributed by atoms with Crippen molar-refractivity contribution in [3.05, 3.63) is 36.5 Å². The van der Waals surface area contributed by atoms with Gasteiger partial charge >= 0.3 is 0 Å². The molecule has 1 rings (SSSR count). The number of hydrogen-bond donors (Lipinski definition) is 0. The van der Waals surface area contributed by atoms with E-state index >= 15 is 0 Å². The number of ether oxygens (including phenoxy) is 2. The predicted octanol–water partition coefficient (Wildman–Crippen LogP) is 2.83. The minimum absolute atomic E-state index is 0.158. The molecule has 0 spiro atoms. The second-order valence-corrected chi connectivity index (χ2v) is 3.36. The fourth-order valence-electron chi connectivity index (χ4n) is 1.27. The Bertz CT molecular complexity index is 241. The maximum absolute atomic E-state index is 5.65. The highest BCUT2D eigenvalue weighted by atomic mass is 16.7. The van der Waals surface area contributed by atoms with Gasteiger partial charge in [-0.15, -0.1) is 0 Å². The molecule has 1 aliphatic heterocycles. The van der Waals surface area contributed by atoms with Crippen LogP contribution < -0.4 is 0 Å². The molecule has 0 bridgehead atoms. The van der Waals surface area contributed by atoms with Crippen LogP contribution in [0.4, 0.5) is 0 Å². The largest absolute Gasteiger partial charge is 0.346 e. The van der Waals surface area contributed by atoms with E-state index in [2.05, 4.69) is 13.5 Å². The second kappa shape index (κ2) is 5.78. The number of rotatable bonds is 4. The molecular weight excluding hydrogens is 176 g/mol. The van der Waals surface area contributed by atoms with Gasteiger partial charge in [0.1, 0.15) is 0 Å². The molecule has 0 radical (unpaired) electrons. The summed E-state index contributed by atoms with van der Waals surface area (Å²) < 4.78 is 11.2. The van der Waals surface area contributed by atoms with Gasteiger partial charge in [0, 0.05) is 0 Å². The van der Waals surface area contributed by atoms with Crippen LogP contribution in [0.1, 0.15) is 20.3 Å². The zero-order chi connectivity index (χ0) is 10.4. The molecule has 14 heavy (non-hydrogen) atoms. The number of hydrogen-bond acceptors (Lipinski definition) is 2. The second-order valence-electron chi connectivity index (χ2n) is 3.36. The molecule has 0 N–H and O–H groups in total. The quantitative estimate of drug-likeness (QED) is 0.641. The molecule has 2 atom stereocenters. The van der Waals surface area contributed by atoms with E-state index in [9.17, 15) is 0 Å². The minimum atomic E-state index is -0.158. The molecule has 2 nitrogen and oxygen atoms in total. The van der Waals surface area contributed by atoms with Crippen LogP contribution in [0, 0.1) is 0 Å². The molecule has 1 aliphatic rings. The molecule has 0 aromatic heterocycles. The van der Waals surface area contributed by atoms with E-state index in [1.165, 1.54) is 0 Å². The van der Waals surface area contributed by atoms with E-state index in [-0.39, 0.29) is 12.4 Å². The van der Waals surface area contributed by atoms with Gasteiger partial charge in [-0.05, 0) is 18.9 Å². The van der Waals surface area contributed by atoms with Gasteiger partial charge in [0.2, 0.25) is 0 Å². The molecule has 0 aromatic carbocycles. The molecule has 0 saturated carbocycles. The van der Waals surface area contributed by atoms with Gasteiger partial charge in [-0.3, -0.25) is 0 Å². The van der Waals surface area contributed by atoms with Crippen molar-refractivity contribution < 1.29 is 9.47 Å². The Labute approximate surface area is 85.9 Å². The average molecular weight is 194 g/mol. The lowest BCUT2D eigenvalue weighted by atomic mass is 10.2. The van der Waals surface area contributed by atoms with Crippen molar-refractivity contribution in [2.75, 3.05) is 6.61 Å². The van der Waals surface area contributed by atoms with E-state index in [1.807, 2.05) is 25.2 Å². The van der Waals surface area contributed by atoms with Gasteiger partial charge in [-0.25, -0.2) is 0 Å². The first-order chi connectivity index (χ1) is 6.77. The smallest absolute Gasteiger partial charge is 0.180 e. The highest BCUT2D eigenvalue weighted by Gasteiger charge is 2.25. The molecule has 0 aromatic rings. The van der Waals surface area contributed by atoms with Crippen LogP contribution in [0.3, 0.4) is 0 Å². The normalized spacial score (nSPS) is 28.6. The van der Waals surface area contributed by atoms with Crippen LogP contribution in [0.5, 0.6) is 0 Å². The first kappa shape index (κ1) is 11.2. The zero-order valence-corrected chi connectivity index (χ0v) is 8.90. The molecule has 2 unspecified atom stereocenters. The molecular formula is C12H18O2. The third-order valence-electron chi connectivity index (χ3n) is 2.18. The Morgan fingerprint density at radius 2 is 2.29 bits per heavy atom. The topological polar surface area (TPSA) is 18.5 Å². The summed E-state index contributed by atoms with van der Waals surface area (Å²) >= 11 is 0. The van der Waals surface area contributed by atoms with Crippen LogP contribution in [0.25, 0.3) is 0 Å². The summed E-state index contributed by atoms with van der Waals surface area (Å²) in [4.78, 5) is 0. The first-order valence-electron chi connectivity index (χ1n) is 5.00. The third-order valence-corrected chi connectivity index (χ3v) is 2.18. The lowest BCUT2D eigenvalue weighted by Gasteiger charge is -2.10. The molecule has 78 valence electrons. The van der Waals surface area contributed by atoms with Gasteiger partial charge in [-0.2, -0.15) is 0 Å². The Balaban J connectivity index is 2.45. The van der Waals surface area contributed by atoms with Gasteiger partial charge in [0.15, 0.2) is 6.29 Å². The summed E-state index contributed by atoms with van der Waals surface area (Å²) in [6, 6.07) is 0. The summed E-state index contributed by atoms with van der Waals surface area (Å²) in [5.74, 6) is 0. The zero-order valence-electron chi connectivity index (χ0n) is 8.90. The van der Waals surface area contributed by atoms with Crippen LogP contribution >= 0.6 is 0 Å². The van der Waals surface area contributed by atoms with E-state index in [0.29, 0.717) is 6.61 Å². The summed E-state index contributed by atoms with van der Waals surface area (Å²) in [6.45, 7) is 8.42. The molecule has 2 heteroatoms. The standard InChI is InChI=1S/C12H18O2/c1-4-6-7-8-10(3)12-13-9-11(5-2)14-12/h4,6-8,11-12H,1,5,9H2,2-3H3/b7-6-,10-8+. The molecule has 1 heterocycles. The fraction of sp³-hybridized carbons (Fsp3) is 0.500. The van der Waals surface area contributed by atoms with E-state index in [1.54, 1.807) is 6.08 Å². The Morgan fingerprint density at radius 3 is 2.86 bits per heavy atom. The van der Waals surface area contributed by atoms with Crippen molar-refractivity contribution in [2.45, 2.75) is 32.7 Å². The molecule has 0 amide bonds. The van der Waals surface area contributed by atoms with Crippen molar-refractivity contribution in [1.29, 1.82) is 0 Å². The van der Waals surface area contributed by atoms with Crippen molar-refractivity contribution in [1.82, 2.24) is 0 Å². The van der Waals surface area contributed by atoms with Crippen molar-refractivity contribution in [3.8, 4) is 0 Å². The SMILES string of the molecule is C=C/C=C\C=C(/C)C1OCC(CC)O1. The summed E-state index contributed by atoms with van der Waals surface area (Å²) in [7, 11) is 0. The van der Waals surface area contributed by atoms with Crippen LogP contribution in [-0.2, 0) is 9.47 Å². The maximum Gasteiger partial charge on any atom is 0.180 e. The highest BCUT2D eigenvalue weighted by molar-refractivity contribution is 5.16. The Kier molecular flexibility index (Phi) is 4.63. The van der Waals surface area contributed by atoms with Crippen molar-refractivity contribution in [3.63, 3.8) is 0 Å². The van der Waals surface area contributed by atoms with Gasteiger partial charge in [0.05, 0.1) is 12.7 Å². The minimum Gasteiger partial charge on any atom is -0.346 e. The maximum atomic E-state index is 5.65. The summed E-state index contributed by atoms with van der Waals surface area (Å²) in [5.41, 5.74) is 1.10. The molecule has 1 saturated heterocycles. The predicted molar refractivity (Wildman–Crippen MR) is 58.0 cm³/mol. The third kappa shape index (κ3) is 3.13. The van der Waals surface area contributed by atoms with Crippen LogP contribution in [0.2, 0.25) is 0 Å². The lowest BCUT2D eigenvalue weighted by Crippen LogP contribution is -2.12. The van der Waals surface area contributed by atoms with Crippen molar-refractivity contribution in [2.24, 2.45) is 0 Å². The fourth-order valence-corrected chi connectivity index (χ4v) is 1.27. The summed E-state index contributed by atoms with van der Waals surface area (Å²) in [5, 5.41) is 0. The summed E-state index contributed by atoms with van der Waals surface area (Å²) in [6.07, 6.45) is 8.66. The van der Waals surface area contributed by atoms with Crippen LogP contribution in [0.15, 0.2) is 36.5 Å². The monoisotopic (exact) mass is 194 g/mol. The van der Waals surface area contributed by atoms with E-state index in [0.717, 1.165) is 12.0 Å². The average Bonchev–Trinajstić information content (AvgIpc) is 2.66. The Morgan fingerprint density at radius 1 is 1.50 bits per heavy atom. The van der Waals surface area contributed by atoms with E-state index < -0.39 is 0 Å². The lowest BCUT2D eigenvalue weighted by molar-refractivity contribution is -0.0287. The van der Waals surface area contributed by atoms with Gasteiger partial charge in [-0.1, -0.05) is 37.8 Å². The van der Waals surface area contributed by atoms with Crippen LogP contribution in [-0.4, -0.2) is 19.0 Å². The van der Waals surface area contributed by atoms with E-state index in [4.69, 9.17) is 9.47 Å².